The van der Waals surface area contributed by atoms with Gasteiger partial charge in [-0.05, 0) is 73.5 Å². The molecule has 1 saturated heterocycles. The van der Waals surface area contributed by atoms with Gasteiger partial charge in [-0.15, -0.1) is 0 Å². The first-order valence-electron chi connectivity index (χ1n) is 11.7. The van der Waals surface area contributed by atoms with Crippen molar-refractivity contribution in [3.63, 3.8) is 0 Å². The minimum absolute atomic E-state index is 0. The van der Waals surface area contributed by atoms with Gasteiger partial charge in [0.2, 0.25) is 0 Å². The summed E-state index contributed by atoms with van der Waals surface area (Å²) in [6.45, 7) is 9.70. The SMILES string of the molecule is C.COCC1=CC(CN[C@H](CO)CN2CCC(C3CC=C(Cl)CC3)C(C)(C)C2)=CCC1.O.O.O.O. The molecule has 3 rings (SSSR count). The zero-order valence-corrected chi connectivity index (χ0v) is 21.9. The number of aliphatic hydroxyl groups is 1. The third-order valence-corrected chi connectivity index (χ3v) is 7.58. The summed E-state index contributed by atoms with van der Waals surface area (Å²) in [4.78, 5) is 2.55. The van der Waals surface area contributed by atoms with Gasteiger partial charge in [0.05, 0.1) is 13.2 Å². The summed E-state index contributed by atoms with van der Waals surface area (Å²) in [5, 5.41) is 14.6. The fraction of sp³-hybridized carbons (Fsp3) is 0.769. The van der Waals surface area contributed by atoms with Gasteiger partial charge >= 0.3 is 0 Å². The van der Waals surface area contributed by atoms with Crippen LogP contribution in [0, 0.1) is 17.3 Å². The van der Waals surface area contributed by atoms with Crippen molar-refractivity contribution < 1.29 is 31.7 Å². The molecular weight excluding hydrogens is 472 g/mol. The van der Waals surface area contributed by atoms with Gasteiger partial charge in [0.15, 0.2) is 0 Å². The lowest BCUT2D eigenvalue weighted by atomic mass is 9.65. The van der Waals surface area contributed by atoms with E-state index in [4.69, 9.17) is 16.3 Å². The minimum Gasteiger partial charge on any atom is -0.412 e. The maximum Gasteiger partial charge on any atom is 0.0676 e. The van der Waals surface area contributed by atoms with Crippen LogP contribution < -0.4 is 5.32 Å². The number of allylic oxidation sites excluding steroid dienone is 3. The molecule has 1 fully saturated rings. The Hall–Kier alpha value is -0.810. The van der Waals surface area contributed by atoms with E-state index in [2.05, 4.69) is 42.3 Å². The summed E-state index contributed by atoms with van der Waals surface area (Å²) in [5.74, 6) is 1.52. The van der Waals surface area contributed by atoms with Crippen LogP contribution in [0.4, 0.5) is 0 Å². The number of aliphatic hydroxyl groups excluding tert-OH is 1. The Kier molecular flexibility index (Phi) is 20.4. The fourth-order valence-corrected chi connectivity index (χ4v) is 5.92. The third-order valence-electron chi connectivity index (χ3n) is 7.24. The summed E-state index contributed by atoms with van der Waals surface area (Å²) < 4.78 is 5.28. The molecule has 0 radical (unpaired) electrons. The van der Waals surface area contributed by atoms with Crippen LogP contribution >= 0.6 is 11.6 Å². The molecule has 0 spiro atoms. The first-order chi connectivity index (χ1) is 14.4. The second kappa shape index (κ2) is 18.4. The number of nitrogens with zero attached hydrogens (tertiary/aromatic N) is 1. The van der Waals surface area contributed by atoms with Crippen LogP contribution in [0.3, 0.4) is 0 Å². The van der Waals surface area contributed by atoms with Crippen LogP contribution in [0.5, 0.6) is 0 Å². The standard InChI is InChI=1S/C25H41ClN2O2.CH4.4H2O/c1-25(2)18-28(12-11-24(25)21-7-9-22(26)10-8-21)15-23(16-29)27-14-19-5-4-6-20(13-19)17-30-3;;;;;/h5,9,13,21,23-24,27,29H,4,6-8,10-12,14-18H2,1-3H3;1H4;4*1H2/t21?,23-,24?;;;;;/m0...../s1. The Balaban J connectivity index is -0.00000205. The highest BCUT2D eigenvalue weighted by Gasteiger charge is 2.40. The van der Waals surface area contributed by atoms with Gasteiger partial charge in [-0.3, -0.25) is 0 Å². The number of ether oxygens (including phenoxy) is 1. The average molecular weight is 525 g/mol. The third kappa shape index (κ3) is 11.4. The van der Waals surface area contributed by atoms with Gasteiger partial charge in [-0.25, -0.2) is 0 Å². The Labute approximate surface area is 217 Å². The summed E-state index contributed by atoms with van der Waals surface area (Å²) in [7, 11) is 1.75. The summed E-state index contributed by atoms with van der Waals surface area (Å²) in [6, 6.07) is 0.107. The largest absolute Gasteiger partial charge is 0.412 e. The molecule has 1 aliphatic heterocycles. The van der Waals surface area contributed by atoms with E-state index in [1.54, 1.807) is 7.11 Å². The van der Waals surface area contributed by atoms with E-state index in [9.17, 15) is 5.11 Å². The number of likely N-dealkylation sites (tertiary alicyclic amines) is 1. The molecule has 2 aliphatic carbocycles. The smallest absolute Gasteiger partial charge is 0.0676 e. The molecule has 3 atom stereocenters. The molecule has 210 valence electrons. The molecule has 3 aliphatic rings. The zero-order chi connectivity index (χ0) is 21.6. The fourth-order valence-electron chi connectivity index (χ4n) is 5.72. The number of nitrogens with one attached hydrogen (secondary N) is 1. The van der Waals surface area contributed by atoms with Crippen LogP contribution in [0.1, 0.15) is 59.8 Å². The maximum absolute atomic E-state index is 9.97. The average Bonchev–Trinajstić information content (AvgIpc) is 2.72. The highest BCUT2D eigenvalue weighted by atomic mass is 35.5. The van der Waals surface area contributed by atoms with Crippen molar-refractivity contribution in [1.29, 1.82) is 0 Å². The highest BCUT2D eigenvalue weighted by molar-refractivity contribution is 6.29. The topological polar surface area (TPSA) is 171 Å². The zero-order valence-electron chi connectivity index (χ0n) is 21.1. The Morgan fingerprint density at radius 2 is 1.89 bits per heavy atom. The summed E-state index contributed by atoms with van der Waals surface area (Å²) >= 11 is 6.21. The quantitative estimate of drug-likeness (QED) is 0.468. The van der Waals surface area contributed by atoms with E-state index >= 15 is 0 Å². The molecule has 10 N–H and O–H groups in total. The molecule has 0 aromatic carbocycles. The molecular formula is C26H53ClN2O6. The van der Waals surface area contributed by atoms with Crippen LogP contribution in [0.15, 0.2) is 34.4 Å². The Morgan fingerprint density at radius 1 is 1.17 bits per heavy atom. The first kappa shape index (κ1) is 38.7. The van der Waals surface area contributed by atoms with Crippen molar-refractivity contribution in [1.82, 2.24) is 10.2 Å². The van der Waals surface area contributed by atoms with E-state index in [0.29, 0.717) is 12.0 Å². The second-order valence-electron chi connectivity index (χ2n) is 10.1. The lowest BCUT2D eigenvalue weighted by molar-refractivity contribution is 0.0112. The number of rotatable bonds is 9. The van der Waals surface area contributed by atoms with Crippen molar-refractivity contribution in [3.05, 3.63) is 34.4 Å². The molecule has 2 unspecified atom stereocenters. The second-order valence-corrected chi connectivity index (χ2v) is 10.6. The predicted octanol–water partition coefficient (Wildman–Crippen LogP) is 1.84. The van der Waals surface area contributed by atoms with Crippen molar-refractivity contribution >= 4 is 11.6 Å². The summed E-state index contributed by atoms with van der Waals surface area (Å²) in [5.41, 5.74) is 2.97. The highest BCUT2D eigenvalue weighted by Crippen LogP contribution is 2.44. The molecule has 0 saturated carbocycles. The molecule has 1 heterocycles. The lowest BCUT2D eigenvalue weighted by Crippen LogP contribution is -2.52. The molecule has 35 heavy (non-hydrogen) atoms. The molecule has 9 heteroatoms. The van der Waals surface area contributed by atoms with Gasteiger partial charge < -0.3 is 42.0 Å². The predicted molar refractivity (Wildman–Crippen MR) is 147 cm³/mol. The van der Waals surface area contributed by atoms with Crippen LogP contribution in [-0.4, -0.2) is 84.5 Å². The molecule has 0 aromatic heterocycles. The Morgan fingerprint density at radius 3 is 2.46 bits per heavy atom. The number of methoxy groups -OCH3 is 1. The van der Waals surface area contributed by atoms with Crippen molar-refractivity contribution in [2.45, 2.75) is 65.8 Å². The maximum atomic E-state index is 9.97. The molecule has 8 nitrogen and oxygen atoms in total. The van der Waals surface area contributed by atoms with E-state index < -0.39 is 0 Å². The van der Waals surface area contributed by atoms with E-state index in [-0.39, 0.29) is 42.0 Å². The van der Waals surface area contributed by atoms with Crippen LogP contribution in [0.25, 0.3) is 0 Å². The summed E-state index contributed by atoms with van der Waals surface area (Å²) in [6.07, 6.45) is 13.7. The van der Waals surface area contributed by atoms with Gasteiger partial charge in [0.25, 0.3) is 0 Å². The molecule has 0 bridgehead atoms. The number of piperidine rings is 1. The Bertz CT molecular complexity index is 668. The normalized spacial score (nSPS) is 24.4. The number of hydrogen-bond donors (Lipinski definition) is 2. The minimum atomic E-state index is 0. The lowest BCUT2D eigenvalue weighted by Gasteiger charge is -2.48. The number of halogens is 1. The van der Waals surface area contributed by atoms with Gasteiger partial charge in [0.1, 0.15) is 0 Å². The van der Waals surface area contributed by atoms with Gasteiger partial charge in [0, 0.05) is 37.8 Å². The first-order valence-corrected chi connectivity index (χ1v) is 12.1. The van der Waals surface area contributed by atoms with E-state index in [1.165, 1.54) is 24.0 Å². The van der Waals surface area contributed by atoms with Crippen LogP contribution in [0.2, 0.25) is 0 Å². The van der Waals surface area contributed by atoms with Crippen molar-refractivity contribution in [2.24, 2.45) is 17.3 Å². The molecule has 0 aromatic rings. The van der Waals surface area contributed by atoms with Gasteiger partial charge in [-0.1, -0.05) is 51.1 Å². The van der Waals surface area contributed by atoms with E-state index in [1.807, 2.05) is 0 Å². The monoisotopic (exact) mass is 524 g/mol. The number of hydrogen-bond acceptors (Lipinski definition) is 4. The molecule has 0 amide bonds. The van der Waals surface area contributed by atoms with Gasteiger partial charge in [-0.2, -0.15) is 0 Å². The van der Waals surface area contributed by atoms with Crippen molar-refractivity contribution in [3.8, 4) is 0 Å². The van der Waals surface area contributed by atoms with Crippen molar-refractivity contribution in [2.75, 3.05) is 46.5 Å². The van der Waals surface area contributed by atoms with Crippen LogP contribution in [-0.2, 0) is 4.74 Å². The van der Waals surface area contributed by atoms with E-state index in [0.717, 1.165) is 68.7 Å².